The van der Waals surface area contributed by atoms with Crippen molar-refractivity contribution in [3.05, 3.63) is 72.8 Å². The first-order chi connectivity index (χ1) is 36.6. The van der Waals surface area contributed by atoms with Crippen molar-refractivity contribution in [2.75, 3.05) is 58.9 Å². The minimum Gasteiger partial charge on any atom is -0.372 e. The maximum Gasteiger partial charge on any atom is 0.0777 e. The minimum atomic E-state index is -4.69. The molecule has 9 heteroatoms. The van der Waals surface area contributed by atoms with E-state index in [1.165, 1.54) is 265 Å². The van der Waals surface area contributed by atoms with E-state index >= 15 is 0 Å². The summed E-state index contributed by atoms with van der Waals surface area (Å²) in [6.07, 6.45) is 48.4. The molecule has 0 atom stereocenters. The summed E-state index contributed by atoms with van der Waals surface area (Å²) in [5, 5.41) is 0. The van der Waals surface area contributed by atoms with Gasteiger partial charge < -0.3 is 19.6 Å². The molecule has 0 spiro atoms. The van der Waals surface area contributed by atoms with E-state index in [4.69, 9.17) is 18.6 Å². The van der Waals surface area contributed by atoms with Crippen molar-refractivity contribution in [3.8, 4) is 0 Å². The Morgan fingerprint density at radius 2 is 0.387 bits per heavy atom. The summed E-state index contributed by atoms with van der Waals surface area (Å²) in [6, 6.07) is 29.1. The van der Waals surface area contributed by atoms with Gasteiger partial charge in [-0.15, -0.1) is 0 Å². The standard InChI is InChI=1S/C66H114N4.ClHO4/c1-7-13-19-25-31-37-55-67(56-38-32-26-20-14-8-2)61-43-49-64(50-44-61)70(65-51-45-62(46-52-65)68(57-39-33-27-21-15-9-3)58-40-34-28-22-16-10-4)66-53-47-63(48-54-66)69(59-41-35-29-23-17-11-5)60-42-36-30-24-18-12-6;2-1(3,4)5/h43-54H,7-42,55-60H2,1-6H3;(H,2,3,4,5). The highest BCUT2D eigenvalue weighted by molar-refractivity contribution is 5.79. The maximum atomic E-state index is 8.60. The van der Waals surface area contributed by atoms with Gasteiger partial charge >= 0.3 is 0 Å². The molecule has 75 heavy (non-hydrogen) atoms. The van der Waals surface area contributed by atoms with Crippen molar-refractivity contribution in [2.45, 2.75) is 273 Å². The molecule has 0 bridgehead atoms. The second kappa shape index (κ2) is 46.0. The van der Waals surface area contributed by atoms with Gasteiger partial charge in [0.1, 0.15) is 0 Å². The Kier molecular flexibility index (Phi) is 41.7. The number of benzene rings is 3. The van der Waals surface area contributed by atoms with Gasteiger partial charge in [0, 0.05) is 73.4 Å². The fraction of sp³-hybridized carbons (Fsp3) is 0.727. The summed E-state index contributed by atoms with van der Waals surface area (Å²) >= 11 is 0. The lowest BCUT2D eigenvalue weighted by Crippen LogP contribution is -2.58. The summed E-state index contributed by atoms with van der Waals surface area (Å²) in [5.41, 5.74) is 7.89. The van der Waals surface area contributed by atoms with Crippen molar-refractivity contribution >= 4 is 34.1 Å². The van der Waals surface area contributed by atoms with Crippen LogP contribution in [-0.4, -0.2) is 43.9 Å². The van der Waals surface area contributed by atoms with E-state index in [1.54, 1.807) is 0 Å². The zero-order valence-electron chi connectivity index (χ0n) is 49.5. The Hall–Kier alpha value is -3.01. The Balaban J connectivity index is 0.00000366. The van der Waals surface area contributed by atoms with E-state index in [-0.39, 0.29) is 0 Å². The molecule has 1 N–H and O–H groups in total. The highest BCUT2D eigenvalue weighted by atomic mass is 35.7. The third-order valence-electron chi connectivity index (χ3n) is 15.1. The van der Waals surface area contributed by atoms with Gasteiger partial charge in [0.2, 0.25) is 0 Å². The van der Waals surface area contributed by atoms with Gasteiger partial charge in [-0.25, -0.2) is 0 Å². The molecule has 0 aromatic heterocycles. The van der Waals surface area contributed by atoms with Crippen molar-refractivity contribution < 1.29 is 28.9 Å². The molecule has 0 saturated heterocycles. The monoisotopic (exact) mass is 1060 g/mol. The fourth-order valence-electron chi connectivity index (χ4n) is 10.5. The maximum absolute atomic E-state index is 8.60. The van der Waals surface area contributed by atoms with Crippen LogP contribution >= 0.6 is 0 Å². The first-order valence-electron chi connectivity index (χ1n) is 31.6. The first kappa shape index (κ1) is 68.1. The molecular weight excluding hydrogens is 948 g/mol. The molecule has 0 heterocycles. The number of hydrogen-bond acceptors (Lipinski definition) is 8. The van der Waals surface area contributed by atoms with Crippen LogP contribution in [0.25, 0.3) is 0 Å². The quantitative estimate of drug-likeness (QED) is 0.0558. The molecule has 8 nitrogen and oxygen atoms in total. The van der Waals surface area contributed by atoms with Crippen molar-refractivity contribution in [2.24, 2.45) is 0 Å². The summed E-state index contributed by atoms with van der Waals surface area (Å²) in [4.78, 5) is 10.7. The van der Waals surface area contributed by atoms with E-state index in [2.05, 4.69) is 134 Å². The van der Waals surface area contributed by atoms with E-state index in [9.17, 15) is 0 Å². The molecule has 430 valence electrons. The summed E-state index contributed by atoms with van der Waals surface area (Å²) in [7, 11) is -4.69. The molecule has 0 amide bonds. The van der Waals surface area contributed by atoms with Crippen LogP contribution in [0, 0.1) is 10.2 Å². The number of nitrogens with zero attached hydrogens (tertiary/aromatic N) is 4. The molecule has 3 aromatic carbocycles. The van der Waals surface area contributed by atoms with E-state index in [1.807, 2.05) is 0 Å². The van der Waals surface area contributed by atoms with Gasteiger partial charge in [-0.05, 0) is 111 Å². The first-order valence-corrected chi connectivity index (χ1v) is 32.8. The van der Waals surface area contributed by atoms with E-state index in [0.29, 0.717) is 0 Å². The largest absolute Gasteiger partial charge is 0.372 e. The number of unbranched alkanes of at least 4 members (excludes halogenated alkanes) is 30. The second-order valence-corrected chi connectivity index (χ2v) is 22.6. The van der Waals surface area contributed by atoms with Crippen LogP contribution in [0.5, 0.6) is 0 Å². The fourth-order valence-corrected chi connectivity index (χ4v) is 10.5. The molecule has 0 unspecified atom stereocenters. The summed E-state index contributed by atoms with van der Waals surface area (Å²) < 4.78 is 32.7. The smallest absolute Gasteiger partial charge is 0.0777 e. The normalized spacial score (nSPS) is 11.4. The highest BCUT2D eigenvalue weighted by Crippen LogP contribution is 2.38. The lowest BCUT2D eigenvalue weighted by Gasteiger charge is -2.30. The minimum absolute atomic E-state index is 1.16. The van der Waals surface area contributed by atoms with Gasteiger partial charge in [-0.1, -0.05) is 234 Å². The number of anilines is 6. The topological polar surface area (TPSA) is 102 Å². The zero-order valence-corrected chi connectivity index (χ0v) is 50.2. The number of hydrogen-bond donors (Lipinski definition) is 1. The molecule has 3 aromatic rings. The average Bonchev–Trinajstić information content (AvgIpc) is 3.40. The van der Waals surface area contributed by atoms with Crippen LogP contribution in [0.2, 0.25) is 0 Å². The van der Waals surface area contributed by atoms with Crippen LogP contribution in [-0.2, 0) is 0 Å². The Bertz CT molecular complexity index is 1450. The van der Waals surface area contributed by atoms with Crippen molar-refractivity contribution in [1.29, 1.82) is 0 Å². The average molecular weight is 1060 g/mol. The summed E-state index contributed by atoms with van der Waals surface area (Å²) in [6.45, 7) is 20.9. The Labute approximate surface area is 465 Å². The zero-order chi connectivity index (χ0) is 54.5. The van der Waals surface area contributed by atoms with Crippen molar-refractivity contribution in [3.63, 3.8) is 0 Å². The van der Waals surface area contributed by atoms with E-state index in [0.717, 1.165) is 39.3 Å². The lowest BCUT2D eigenvalue weighted by atomic mass is 10.1. The Morgan fingerprint density at radius 1 is 0.253 bits per heavy atom. The predicted octanol–water partition coefficient (Wildman–Crippen LogP) is 17.6. The van der Waals surface area contributed by atoms with Gasteiger partial charge in [0.25, 0.3) is 0 Å². The molecule has 0 saturated carbocycles. The second-order valence-electron chi connectivity index (χ2n) is 21.8. The van der Waals surface area contributed by atoms with Gasteiger partial charge in [0.05, 0.1) is 14.9 Å². The Morgan fingerprint density at radius 3 is 0.547 bits per heavy atom. The SMILES string of the molecule is CCCCCCCCN(CCCCCCCC)c1ccc(N(c2ccc(N(CCCCCCCC)CCCCCCCC)cc2)c2ccc(N(CCCCCCCC)CCCCCCCC)cc2)cc1.[O-][Cl+3]([O-])([O-])O. The molecule has 0 aliphatic heterocycles. The molecule has 0 radical (unpaired) electrons. The third kappa shape index (κ3) is 34.5. The van der Waals surface area contributed by atoms with Crippen LogP contribution in [0.4, 0.5) is 34.1 Å². The molecule has 3 rings (SSSR count). The molecule has 0 aliphatic rings. The van der Waals surface area contributed by atoms with Gasteiger partial charge in [0.15, 0.2) is 0 Å². The van der Waals surface area contributed by atoms with Gasteiger partial charge in [-0.3, -0.25) is 0 Å². The lowest BCUT2D eigenvalue weighted by molar-refractivity contribution is -1.92. The van der Waals surface area contributed by atoms with Gasteiger partial charge in [-0.2, -0.15) is 14.0 Å². The highest BCUT2D eigenvalue weighted by Gasteiger charge is 2.17. The predicted molar refractivity (Wildman–Crippen MR) is 320 cm³/mol. The van der Waals surface area contributed by atoms with Crippen LogP contribution < -0.4 is 33.6 Å². The van der Waals surface area contributed by atoms with Crippen LogP contribution in [0.15, 0.2) is 72.8 Å². The number of halogens is 1. The van der Waals surface area contributed by atoms with E-state index < -0.39 is 10.2 Å². The summed E-state index contributed by atoms with van der Waals surface area (Å²) in [5.74, 6) is 0. The van der Waals surface area contributed by atoms with Crippen LogP contribution in [0.3, 0.4) is 0 Å². The molecule has 0 aliphatic carbocycles. The molecule has 0 fully saturated rings. The third-order valence-corrected chi connectivity index (χ3v) is 15.1. The molecular formula is C66H115ClN4O4. The number of rotatable bonds is 48. The van der Waals surface area contributed by atoms with Crippen molar-refractivity contribution in [1.82, 2.24) is 0 Å². The van der Waals surface area contributed by atoms with Crippen LogP contribution in [0.1, 0.15) is 273 Å².